The van der Waals surface area contributed by atoms with E-state index in [2.05, 4.69) is 80.3 Å². The predicted octanol–water partition coefficient (Wildman–Crippen LogP) is 5.43. The van der Waals surface area contributed by atoms with E-state index in [4.69, 9.17) is 0 Å². The van der Waals surface area contributed by atoms with Gasteiger partial charge in [-0.15, -0.1) is 0 Å². The highest BCUT2D eigenvalue weighted by Crippen LogP contribution is 2.32. The Hall–Kier alpha value is -2.43. The molecule has 27 heavy (non-hydrogen) atoms. The van der Waals surface area contributed by atoms with Crippen molar-refractivity contribution in [3.8, 4) is 0 Å². The van der Waals surface area contributed by atoms with Gasteiger partial charge in [0.15, 0.2) is 0 Å². The molecule has 0 saturated heterocycles. The van der Waals surface area contributed by atoms with Crippen LogP contribution in [0.4, 0.5) is 11.6 Å². The van der Waals surface area contributed by atoms with Crippen LogP contribution >= 0.6 is 0 Å². The average Bonchev–Trinajstić information content (AvgIpc) is 2.61. The Morgan fingerprint density at radius 1 is 0.963 bits per heavy atom. The number of nitrogens with one attached hydrogen (secondary N) is 2. The molecule has 5 heteroatoms. The molecule has 0 aliphatic rings. The number of anilines is 2. The molecule has 0 atom stereocenters. The normalized spacial score (nSPS) is 11.3. The molecule has 2 N–H and O–H groups in total. The van der Waals surface area contributed by atoms with E-state index in [9.17, 15) is 4.79 Å². The molecule has 0 aliphatic carbocycles. The number of hydrogen-bond acceptors (Lipinski definition) is 4. The third-order valence-electron chi connectivity index (χ3n) is 4.53. The van der Waals surface area contributed by atoms with Crippen molar-refractivity contribution in [2.45, 2.75) is 59.8 Å². The van der Waals surface area contributed by atoms with Crippen LogP contribution in [0.25, 0.3) is 0 Å². The van der Waals surface area contributed by atoms with Gasteiger partial charge >= 0.3 is 0 Å². The van der Waals surface area contributed by atoms with E-state index in [1.807, 2.05) is 0 Å². The van der Waals surface area contributed by atoms with E-state index in [0.717, 1.165) is 29.8 Å². The number of amides is 1. The Morgan fingerprint density at radius 3 is 2.00 bits per heavy atom. The van der Waals surface area contributed by atoms with Gasteiger partial charge < -0.3 is 10.6 Å². The fraction of sp³-hybridized carbons (Fsp3) is 0.500. The largest absolute Gasteiger partial charge is 0.354 e. The van der Waals surface area contributed by atoms with Crippen molar-refractivity contribution >= 4 is 17.5 Å². The number of aromatic nitrogens is 2. The van der Waals surface area contributed by atoms with E-state index >= 15 is 0 Å². The van der Waals surface area contributed by atoms with Crippen molar-refractivity contribution in [1.29, 1.82) is 0 Å². The van der Waals surface area contributed by atoms with E-state index in [1.54, 1.807) is 12.4 Å². The number of para-hydroxylation sites is 1. The second-order valence-electron chi connectivity index (χ2n) is 7.98. The van der Waals surface area contributed by atoms with Gasteiger partial charge in [-0.3, -0.25) is 4.79 Å². The smallest absolute Gasteiger partial charge is 0.258 e. The zero-order chi connectivity index (χ0) is 20.0. The summed E-state index contributed by atoms with van der Waals surface area (Å²) in [4.78, 5) is 21.3. The second-order valence-corrected chi connectivity index (χ2v) is 7.98. The van der Waals surface area contributed by atoms with E-state index in [1.165, 1.54) is 0 Å². The molecular weight excluding hydrogens is 336 g/mol. The maximum Gasteiger partial charge on any atom is 0.258 e. The Balaban J connectivity index is 2.15. The number of carbonyl (C=O) groups excluding carboxylic acids is 1. The van der Waals surface area contributed by atoms with Gasteiger partial charge in [-0.1, -0.05) is 59.7 Å². The fourth-order valence-electron chi connectivity index (χ4n) is 2.89. The topological polar surface area (TPSA) is 66.9 Å². The third-order valence-corrected chi connectivity index (χ3v) is 4.53. The minimum Gasteiger partial charge on any atom is -0.354 e. The molecule has 5 nitrogen and oxygen atoms in total. The summed E-state index contributed by atoms with van der Waals surface area (Å²) in [7, 11) is 0. The molecule has 146 valence electrons. The van der Waals surface area contributed by atoms with Gasteiger partial charge in [0.1, 0.15) is 0 Å². The van der Waals surface area contributed by atoms with Crippen LogP contribution in [0.1, 0.15) is 81.3 Å². The number of nitrogens with zero attached hydrogens (tertiary/aromatic N) is 2. The Kier molecular flexibility index (Phi) is 7.34. The lowest BCUT2D eigenvalue weighted by atomic mass is 9.92. The number of hydrogen-bond donors (Lipinski definition) is 2. The SMILES string of the molecule is CC(C)CCNc1ncc(C(=O)Nc2c(C(C)C)cccc2C(C)C)cn1. The molecular formula is C22H32N4O. The maximum atomic E-state index is 12.8. The van der Waals surface area contributed by atoms with E-state index in [-0.39, 0.29) is 5.91 Å². The minimum atomic E-state index is -0.182. The molecule has 0 bridgehead atoms. The van der Waals surface area contributed by atoms with Crippen molar-refractivity contribution in [3.05, 3.63) is 47.3 Å². The molecule has 1 aromatic heterocycles. The second kappa shape index (κ2) is 9.49. The highest BCUT2D eigenvalue weighted by Gasteiger charge is 2.17. The molecule has 2 rings (SSSR count). The van der Waals surface area contributed by atoms with Crippen molar-refractivity contribution in [2.24, 2.45) is 5.92 Å². The molecule has 1 amide bonds. The van der Waals surface area contributed by atoms with Crippen molar-refractivity contribution in [3.63, 3.8) is 0 Å². The monoisotopic (exact) mass is 368 g/mol. The van der Waals surface area contributed by atoms with E-state index < -0.39 is 0 Å². The molecule has 2 aromatic rings. The van der Waals surface area contributed by atoms with Gasteiger partial charge in [0.05, 0.1) is 5.56 Å². The minimum absolute atomic E-state index is 0.182. The van der Waals surface area contributed by atoms with Crippen molar-refractivity contribution in [1.82, 2.24) is 9.97 Å². The molecule has 0 aliphatic heterocycles. The fourth-order valence-corrected chi connectivity index (χ4v) is 2.89. The van der Waals surface area contributed by atoms with Crippen LogP contribution in [0.3, 0.4) is 0 Å². The number of carbonyl (C=O) groups is 1. The zero-order valence-corrected chi connectivity index (χ0v) is 17.3. The maximum absolute atomic E-state index is 12.8. The summed E-state index contributed by atoms with van der Waals surface area (Å²) in [5, 5.41) is 6.28. The summed E-state index contributed by atoms with van der Waals surface area (Å²) >= 11 is 0. The van der Waals surface area contributed by atoms with Crippen LogP contribution in [0, 0.1) is 5.92 Å². The van der Waals surface area contributed by atoms with Crippen LogP contribution in [0.15, 0.2) is 30.6 Å². The molecule has 0 fully saturated rings. The van der Waals surface area contributed by atoms with Gasteiger partial charge in [0.2, 0.25) is 5.95 Å². The lowest BCUT2D eigenvalue weighted by Gasteiger charge is -2.20. The summed E-state index contributed by atoms with van der Waals surface area (Å²) < 4.78 is 0. The first-order valence-electron chi connectivity index (χ1n) is 9.79. The summed E-state index contributed by atoms with van der Waals surface area (Å²) in [5.74, 6) is 1.64. The van der Waals surface area contributed by atoms with E-state index in [0.29, 0.717) is 29.3 Å². The number of rotatable bonds is 8. The highest BCUT2D eigenvalue weighted by atomic mass is 16.1. The van der Waals surface area contributed by atoms with Gasteiger partial charge in [0.25, 0.3) is 5.91 Å². The van der Waals surface area contributed by atoms with Crippen LogP contribution in [0.5, 0.6) is 0 Å². The summed E-state index contributed by atoms with van der Waals surface area (Å²) in [6.45, 7) is 13.7. The molecule has 1 heterocycles. The van der Waals surface area contributed by atoms with Gasteiger partial charge in [0, 0.05) is 24.6 Å². The zero-order valence-electron chi connectivity index (χ0n) is 17.3. The number of benzene rings is 1. The lowest BCUT2D eigenvalue weighted by Crippen LogP contribution is -2.17. The molecule has 0 radical (unpaired) electrons. The highest BCUT2D eigenvalue weighted by molar-refractivity contribution is 6.04. The third kappa shape index (κ3) is 5.78. The molecule has 1 aromatic carbocycles. The standard InChI is InChI=1S/C22H32N4O/c1-14(2)10-11-23-22-24-12-17(13-25-22)21(27)26-20-18(15(3)4)8-7-9-19(20)16(5)6/h7-9,12-16H,10-11H2,1-6H3,(H,26,27)(H,23,24,25). The molecule has 0 unspecified atom stereocenters. The van der Waals surface area contributed by atoms with Crippen LogP contribution in [0.2, 0.25) is 0 Å². The lowest BCUT2D eigenvalue weighted by molar-refractivity contribution is 0.102. The average molecular weight is 369 g/mol. The van der Waals surface area contributed by atoms with Gasteiger partial charge in [-0.2, -0.15) is 0 Å². The van der Waals surface area contributed by atoms with Crippen molar-refractivity contribution in [2.75, 3.05) is 17.2 Å². The summed E-state index contributed by atoms with van der Waals surface area (Å²) in [6.07, 6.45) is 4.20. The van der Waals surface area contributed by atoms with Gasteiger partial charge in [-0.25, -0.2) is 9.97 Å². The summed E-state index contributed by atoms with van der Waals surface area (Å²) in [6, 6.07) is 6.20. The Bertz CT molecular complexity index is 725. The van der Waals surface area contributed by atoms with Crippen LogP contribution < -0.4 is 10.6 Å². The first-order valence-corrected chi connectivity index (χ1v) is 9.79. The van der Waals surface area contributed by atoms with Crippen molar-refractivity contribution < 1.29 is 4.79 Å². The first kappa shape index (κ1) is 20.9. The molecule has 0 saturated carbocycles. The first-order chi connectivity index (χ1) is 12.8. The van der Waals surface area contributed by atoms with Crippen LogP contribution in [-0.4, -0.2) is 22.4 Å². The van der Waals surface area contributed by atoms with Crippen LogP contribution in [-0.2, 0) is 0 Å². The predicted molar refractivity (Wildman–Crippen MR) is 113 cm³/mol. The van der Waals surface area contributed by atoms with Gasteiger partial charge in [-0.05, 0) is 35.3 Å². The molecule has 0 spiro atoms. The Labute approximate surface area is 163 Å². The summed E-state index contributed by atoms with van der Waals surface area (Å²) in [5.41, 5.74) is 3.65. The quantitative estimate of drug-likeness (QED) is 0.651. The Morgan fingerprint density at radius 2 is 1.52 bits per heavy atom.